The van der Waals surface area contributed by atoms with Gasteiger partial charge < -0.3 is 9.88 Å². The fourth-order valence-electron chi connectivity index (χ4n) is 3.15. The molecule has 1 heterocycles. The molecule has 21 heavy (non-hydrogen) atoms. The van der Waals surface area contributed by atoms with Crippen molar-refractivity contribution in [3.63, 3.8) is 0 Å². The third-order valence-electron chi connectivity index (χ3n) is 4.25. The summed E-state index contributed by atoms with van der Waals surface area (Å²) in [6, 6.07) is 4.38. The van der Waals surface area contributed by atoms with E-state index in [9.17, 15) is 4.39 Å². The van der Waals surface area contributed by atoms with Gasteiger partial charge in [0.2, 0.25) is 5.95 Å². The van der Waals surface area contributed by atoms with E-state index in [0.29, 0.717) is 17.2 Å². The Bertz CT molecular complexity index is 604. The first-order valence-corrected chi connectivity index (χ1v) is 7.67. The molecule has 4 heteroatoms. The minimum atomic E-state index is -0.103. The van der Waals surface area contributed by atoms with Crippen molar-refractivity contribution in [3.05, 3.63) is 47.0 Å². The van der Waals surface area contributed by atoms with Gasteiger partial charge in [-0.2, -0.15) is 0 Å². The maximum atomic E-state index is 13.7. The van der Waals surface area contributed by atoms with Gasteiger partial charge in [-0.05, 0) is 43.4 Å². The first kappa shape index (κ1) is 14.1. The van der Waals surface area contributed by atoms with Crippen molar-refractivity contribution in [2.75, 3.05) is 5.32 Å². The molecule has 0 amide bonds. The molecular weight excluding hydrogens is 265 g/mol. The van der Waals surface area contributed by atoms with E-state index in [0.717, 1.165) is 18.1 Å². The zero-order chi connectivity index (χ0) is 14.8. The molecule has 0 radical (unpaired) electrons. The van der Waals surface area contributed by atoms with Crippen LogP contribution in [0.2, 0.25) is 0 Å². The molecule has 2 aromatic rings. The summed E-state index contributed by atoms with van der Waals surface area (Å²) in [4.78, 5) is 4.42. The van der Waals surface area contributed by atoms with Crippen LogP contribution in [0.25, 0.3) is 0 Å². The van der Waals surface area contributed by atoms with Crippen LogP contribution in [0, 0.1) is 19.7 Å². The second-order valence-corrected chi connectivity index (χ2v) is 6.05. The SMILES string of the molecule is Cc1cc(Cn2ccnc2NC2CCCC2)cc(C)c1F. The molecule has 1 aromatic carbocycles. The van der Waals surface area contributed by atoms with Crippen molar-refractivity contribution in [2.24, 2.45) is 0 Å². The number of benzene rings is 1. The molecule has 0 saturated heterocycles. The number of nitrogens with zero attached hydrogens (tertiary/aromatic N) is 2. The highest BCUT2D eigenvalue weighted by Gasteiger charge is 2.16. The van der Waals surface area contributed by atoms with E-state index in [1.165, 1.54) is 25.7 Å². The lowest BCUT2D eigenvalue weighted by Gasteiger charge is -2.15. The maximum Gasteiger partial charge on any atom is 0.203 e. The third kappa shape index (κ3) is 3.09. The van der Waals surface area contributed by atoms with E-state index in [1.807, 2.05) is 38.4 Å². The number of aryl methyl sites for hydroxylation is 2. The number of imidazole rings is 1. The topological polar surface area (TPSA) is 29.9 Å². The Morgan fingerprint density at radius 1 is 1.24 bits per heavy atom. The molecule has 3 rings (SSSR count). The highest BCUT2D eigenvalue weighted by molar-refractivity contribution is 5.33. The van der Waals surface area contributed by atoms with Crippen molar-refractivity contribution < 1.29 is 4.39 Å². The molecule has 1 aliphatic carbocycles. The molecular formula is C17H22FN3. The van der Waals surface area contributed by atoms with Gasteiger partial charge in [0.05, 0.1) is 6.54 Å². The minimum Gasteiger partial charge on any atom is -0.353 e. The normalized spacial score (nSPS) is 15.6. The molecule has 1 aliphatic rings. The van der Waals surface area contributed by atoms with Gasteiger partial charge in [0.25, 0.3) is 0 Å². The zero-order valence-corrected chi connectivity index (χ0v) is 12.7. The van der Waals surface area contributed by atoms with E-state index >= 15 is 0 Å². The van der Waals surface area contributed by atoms with Crippen molar-refractivity contribution in [1.29, 1.82) is 0 Å². The van der Waals surface area contributed by atoms with Crippen LogP contribution in [0.3, 0.4) is 0 Å². The van der Waals surface area contributed by atoms with Crippen LogP contribution in [0.4, 0.5) is 10.3 Å². The van der Waals surface area contributed by atoms with E-state index in [2.05, 4.69) is 14.9 Å². The molecule has 0 bridgehead atoms. The van der Waals surface area contributed by atoms with Gasteiger partial charge in [-0.3, -0.25) is 0 Å². The molecule has 0 atom stereocenters. The molecule has 0 spiro atoms. The summed E-state index contributed by atoms with van der Waals surface area (Å²) < 4.78 is 15.8. The Balaban J connectivity index is 1.77. The first-order chi connectivity index (χ1) is 10.1. The highest BCUT2D eigenvalue weighted by atomic mass is 19.1. The molecule has 1 N–H and O–H groups in total. The average molecular weight is 287 g/mol. The van der Waals surface area contributed by atoms with Crippen LogP contribution >= 0.6 is 0 Å². The van der Waals surface area contributed by atoms with E-state index in [-0.39, 0.29) is 5.82 Å². The first-order valence-electron chi connectivity index (χ1n) is 7.67. The van der Waals surface area contributed by atoms with E-state index < -0.39 is 0 Å². The van der Waals surface area contributed by atoms with Gasteiger partial charge in [0, 0.05) is 18.4 Å². The number of hydrogen-bond acceptors (Lipinski definition) is 2. The number of hydrogen-bond donors (Lipinski definition) is 1. The largest absolute Gasteiger partial charge is 0.353 e. The van der Waals surface area contributed by atoms with Crippen molar-refractivity contribution >= 4 is 5.95 Å². The molecule has 3 nitrogen and oxygen atoms in total. The average Bonchev–Trinajstić information content (AvgIpc) is 3.09. The summed E-state index contributed by atoms with van der Waals surface area (Å²) in [5, 5.41) is 3.53. The van der Waals surface area contributed by atoms with Crippen LogP contribution in [-0.2, 0) is 6.54 Å². The minimum absolute atomic E-state index is 0.103. The second-order valence-electron chi connectivity index (χ2n) is 6.05. The number of aromatic nitrogens is 2. The predicted octanol–water partition coefficient (Wildman–Crippen LogP) is 4.04. The van der Waals surface area contributed by atoms with Crippen molar-refractivity contribution in [1.82, 2.24) is 9.55 Å². The van der Waals surface area contributed by atoms with Crippen LogP contribution in [0.5, 0.6) is 0 Å². The fourth-order valence-corrected chi connectivity index (χ4v) is 3.15. The standard InChI is InChI=1S/C17H22FN3/c1-12-9-14(10-13(2)16(12)18)11-21-8-7-19-17(21)20-15-5-3-4-6-15/h7-10,15H,3-6,11H2,1-2H3,(H,19,20). The lowest BCUT2D eigenvalue weighted by Crippen LogP contribution is -2.18. The van der Waals surface area contributed by atoms with Gasteiger partial charge >= 0.3 is 0 Å². The lowest BCUT2D eigenvalue weighted by molar-refractivity contribution is 0.607. The molecule has 1 fully saturated rings. The van der Waals surface area contributed by atoms with Gasteiger partial charge in [-0.25, -0.2) is 9.37 Å². The van der Waals surface area contributed by atoms with Gasteiger partial charge in [-0.1, -0.05) is 25.0 Å². The molecule has 1 saturated carbocycles. The van der Waals surface area contributed by atoms with Gasteiger partial charge in [0.15, 0.2) is 0 Å². The summed E-state index contributed by atoms with van der Waals surface area (Å²) >= 11 is 0. The van der Waals surface area contributed by atoms with E-state index in [1.54, 1.807) is 0 Å². The number of nitrogens with one attached hydrogen (secondary N) is 1. The Labute approximate surface area is 125 Å². The monoisotopic (exact) mass is 287 g/mol. The van der Waals surface area contributed by atoms with Crippen LogP contribution < -0.4 is 5.32 Å². The van der Waals surface area contributed by atoms with E-state index in [4.69, 9.17) is 0 Å². The second kappa shape index (κ2) is 5.88. The van der Waals surface area contributed by atoms with Gasteiger partial charge in [0.1, 0.15) is 5.82 Å². The van der Waals surface area contributed by atoms with Crippen molar-refractivity contribution in [3.8, 4) is 0 Å². The molecule has 112 valence electrons. The van der Waals surface area contributed by atoms with Gasteiger partial charge in [-0.15, -0.1) is 0 Å². The summed E-state index contributed by atoms with van der Waals surface area (Å²) in [5.74, 6) is 0.815. The Hall–Kier alpha value is -1.84. The third-order valence-corrected chi connectivity index (χ3v) is 4.25. The number of halogens is 1. The Morgan fingerprint density at radius 3 is 2.57 bits per heavy atom. The van der Waals surface area contributed by atoms with Crippen molar-refractivity contribution in [2.45, 2.75) is 52.1 Å². The Morgan fingerprint density at radius 2 is 1.90 bits per heavy atom. The number of anilines is 1. The zero-order valence-electron chi connectivity index (χ0n) is 12.7. The molecule has 0 aliphatic heterocycles. The van der Waals surface area contributed by atoms with Crippen LogP contribution in [0.1, 0.15) is 42.4 Å². The summed E-state index contributed by atoms with van der Waals surface area (Å²) in [6.45, 7) is 4.35. The summed E-state index contributed by atoms with van der Waals surface area (Å²) in [6.07, 6.45) is 8.85. The fraction of sp³-hybridized carbons (Fsp3) is 0.471. The smallest absolute Gasteiger partial charge is 0.203 e. The lowest BCUT2D eigenvalue weighted by atomic mass is 10.1. The quantitative estimate of drug-likeness (QED) is 0.919. The maximum absolute atomic E-state index is 13.7. The highest BCUT2D eigenvalue weighted by Crippen LogP contribution is 2.22. The van der Waals surface area contributed by atoms with Crippen LogP contribution in [0.15, 0.2) is 24.5 Å². The van der Waals surface area contributed by atoms with Crippen LogP contribution in [-0.4, -0.2) is 15.6 Å². The molecule has 1 aromatic heterocycles. The molecule has 0 unspecified atom stereocenters. The number of rotatable bonds is 4. The predicted molar refractivity (Wildman–Crippen MR) is 83.1 cm³/mol. The summed E-state index contributed by atoms with van der Waals surface area (Å²) in [7, 11) is 0. The summed E-state index contributed by atoms with van der Waals surface area (Å²) in [5.41, 5.74) is 2.52. The Kier molecular flexibility index (Phi) is 3.95.